The van der Waals surface area contributed by atoms with Gasteiger partial charge in [-0.2, -0.15) is 0 Å². The van der Waals surface area contributed by atoms with Crippen molar-refractivity contribution in [3.05, 3.63) is 29.3 Å². The van der Waals surface area contributed by atoms with Crippen LogP contribution in [-0.2, 0) is 4.79 Å². The highest BCUT2D eigenvalue weighted by Crippen LogP contribution is 2.21. The average molecular weight is 278 g/mol. The summed E-state index contributed by atoms with van der Waals surface area (Å²) in [4.78, 5) is 23.2. The zero-order chi connectivity index (χ0) is 15.5. The maximum atomic E-state index is 12.0. The Bertz CT molecular complexity index is 498. The Balaban J connectivity index is 2.84. The number of aryl methyl sites for hydroxylation is 2. The summed E-state index contributed by atoms with van der Waals surface area (Å²) in [6.45, 7) is 9.09. The van der Waals surface area contributed by atoms with Crippen LogP contribution >= 0.6 is 0 Å². The van der Waals surface area contributed by atoms with Gasteiger partial charge >= 0.3 is 12.0 Å². The summed E-state index contributed by atoms with van der Waals surface area (Å²) < 4.78 is 0. The monoisotopic (exact) mass is 278 g/mol. The van der Waals surface area contributed by atoms with Crippen LogP contribution in [-0.4, -0.2) is 23.1 Å². The van der Waals surface area contributed by atoms with Crippen molar-refractivity contribution < 1.29 is 14.7 Å². The summed E-state index contributed by atoms with van der Waals surface area (Å²) in [7, 11) is 0. The van der Waals surface area contributed by atoms with Gasteiger partial charge in [0.05, 0.1) is 0 Å². The number of hydrogen-bond acceptors (Lipinski definition) is 2. The van der Waals surface area contributed by atoms with Crippen LogP contribution in [0, 0.1) is 19.3 Å². The van der Waals surface area contributed by atoms with Gasteiger partial charge in [0.25, 0.3) is 0 Å². The highest BCUT2D eigenvalue weighted by molar-refractivity contribution is 5.93. The molecule has 20 heavy (non-hydrogen) atoms. The van der Waals surface area contributed by atoms with Gasteiger partial charge < -0.3 is 15.7 Å². The molecule has 1 aromatic rings. The van der Waals surface area contributed by atoms with Crippen molar-refractivity contribution in [1.29, 1.82) is 0 Å². The minimum Gasteiger partial charge on any atom is -0.480 e. The van der Waals surface area contributed by atoms with E-state index < -0.39 is 23.5 Å². The van der Waals surface area contributed by atoms with Gasteiger partial charge in [0, 0.05) is 5.69 Å². The van der Waals surface area contributed by atoms with E-state index >= 15 is 0 Å². The normalized spacial score (nSPS) is 12.7. The number of carboxylic acids is 1. The number of hydrogen-bond donors (Lipinski definition) is 3. The minimum absolute atomic E-state index is 0.510. The zero-order valence-corrected chi connectivity index (χ0v) is 12.6. The van der Waals surface area contributed by atoms with E-state index in [1.54, 1.807) is 20.8 Å². The predicted molar refractivity (Wildman–Crippen MR) is 78.9 cm³/mol. The molecule has 0 fully saturated rings. The summed E-state index contributed by atoms with van der Waals surface area (Å²) in [5.41, 5.74) is 2.01. The fourth-order valence-electron chi connectivity index (χ4n) is 1.94. The van der Waals surface area contributed by atoms with Crippen molar-refractivity contribution in [1.82, 2.24) is 5.32 Å². The van der Waals surface area contributed by atoms with Gasteiger partial charge in [-0.3, -0.25) is 0 Å². The Kier molecular flexibility index (Phi) is 4.76. The quantitative estimate of drug-likeness (QED) is 0.795. The van der Waals surface area contributed by atoms with Crippen molar-refractivity contribution in [2.75, 3.05) is 5.32 Å². The number of carboxylic acid groups (broad SMARTS) is 1. The van der Waals surface area contributed by atoms with Gasteiger partial charge in [0.1, 0.15) is 6.04 Å². The van der Waals surface area contributed by atoms with Crippen LogP contribution < -0.4 is 10.6 Å². The molecule has 0 radical (unpaired) electrons. The first kappa shape index (κ1) is 16.0. The molecule has 0 spiro atoms. The average Bonchev–Trinajstić information content (AvgIpc) is 2.29. The number of benzene rings is 1. The smallest absolute Gasteiger partial charge is 0.326 e. The molecule has 1 rings (SSSR count). The fourth-order valence-corrected chi connectivity index (χ4v) is 1.94. The predicted octanol–water partition coefficient (Wildman–Crippen LogP) is 2.92. The van der Waals surface area contributed by atoms with Gasteiger partial charge in [-0.1, -0.05) is 39.0 Å². The van der Waals surface area contributed by atoms with E-state index in [9.17, 15) is 14.7 Å². The van der Waals surface area contributed by atoms with Gasteiger partial charge in [0.15, 0.2) is 0 Å². The van der Waals surface area contributed by atoms with E-state index in [0.717, 1.165) is 11.1 Å². The highest BCUT2D eigenvalue weighted by atomic mass is 16.4. The molecule has 1 aromatic carbocycles. The van der Waals surface area contributed by atoms with Gasteiger partial charge in [0.2, 0.25) is 0 Å². The second kappa shape index (κ2) is 5.94. The van der Waals surface area contributed by atoms with Crippen molar-refractivity contribution in [2.45, 2.75) is 40.7 Å². The number of amides is 2. The van der Waals surface area contributed by atoms with Crippen molar-refractivity contribution in [3.63, 3.8) is 0 Å². The van der Waals surface area contributed by atoms with E-state index in [2.05, 4.69) is 10.6 Å². The number of aliphatic carboxylic acids is 1. The van der Waals surface area contributed by atoms with Crippen molar-refractivity contribution >= 4 is 17.7 Å². The van der Waals surface area contributed by atoms with E-state index in [-0.39, 0.29) is 0 Å². The second-order valence-corrected chi connectivity index (χ2v) is 6.00. The third kappa shape index (κ3) is 3.98. The molecule has 0 saturated carbocycles. The van der Waals surface area contributed by atoms with Crippen LogP contribution in [0.2, 0.25) is 0 Å². The third-order valence-electron chi connectivity index (χ3n) is 3.11. The number of urea groups is 1. The maximum absolute atomic E-state index is 12.0. The van der Waals surface area contributed by atoms with E-state index in [4.69, 9.17) is 0 Å². The number of nitrogens with one attached hydrogen (secondary N) is 2. The molecule has 0 aliphatic heterocycles. The first-order chi connectivity index (χ1) is 9.12. The Labute approximate surface area is 119 Å². The summed E-state index contributed by atoms with van der Waals surface area (Å²) in [5, 5.41) is 14.4. The number of anilines is 1. The molecular weight excluding hydrogens is 256 g/mol. The van der Waals surface area contributed by atoms with E-state index in [1.807, 2.05) is 32.0 Å². The van der Waals surface area contributed by atoms with Crippen LogP contribution in [0.1, 0.15) is 31.9 Å². The zero-order valence-electron chi connectivity index (χ0n) is 12.6. The highest BCUT2D eigenvalue weighted by Gasteiger charge is 2.32. The van der Waals surface area contributed by atoms with Crippen LogP contribution in [0.5, 0.6) is 0 Å². The van der Waals surface area contributed by atoms with Crippen LogP contribution in [0.3, 0.4) is 0 Å². The summed E-state index contributed by atoms with van der Waals surface area (Å²) >= 11 is 0. The molecular formula is C15H22N2O3. The third-order valence-corrected chi connectivity index (χ3v) is 3.11. The molecule has 0 saturated heterocycles. The van der Waals surface area contributed by atoms with E-state index in [1.165, 1.54) is 0 Å². The number of rotatable bonds is 3. The molecule has 0 bridgehead atoms. The molecule has 2 amide bonds. The Morgan fingerprint density at radius 1 is 1.15 bits per heavy atom. The first-order valence-electron chi connectivity index (χ1n) is 6.49. The molecule has 0 aliphatic rings. The molecule has 0 aliphatic carbocycles. The topological polar surface area (TPSA) is 78.4 Å². The Morgan fingerprint density at radius 3 is 2.05 bits per heavy atom. The van der Waals surface area contributed by atoms with Crippen molar-refractivity contribution in [3.8, 4) is 0 Å². The number of para-hydroxylation sites is 1. The van der Waals surface area contributed by atoms with Gasteiger partial charge in [-0.05, 0) is 30.4 Å². The van der Waals surface area contributed by atoms with Crippen molar-refractivity contribution in [2.24, 2.45) is 5.41 Å². The summed E-state index contributed by atoms with van der Waals surface area (Å²) in [6.07, 6.45) is 0. The summed E-state index contributed by atoms with van der Waals surface area (Å²) in [6, 6.07) is 4.22. The lowest BCUT2D eigenvalue weighted by atomic mass is 9.87. The molecule has 3 N–H and O–H groups in total. The number of carbonyl (C=O) groups excluding carboxylic acids is 1. The lowest BCUT2D eigenvalue weighted by Gasteiger charge is -2.28. The molecule has 5 heteroatoms. The SMILES string of the molecule is Cc1cccc(C)c1NC(=O)NC(C(=O)O)C(C)(C)C. The van der Waals surface area contributed by atoms with E-state index in [0.29, 0.717) is 5.69 Å². The lowest BCUT2D eigenvalue weighted by molar-refractivity contribution is -0.141. The second-order valence-electron chi connectivity index (χ2n) is 6.00. The fraction of sp³-hybridized carbons (Fsp3) is 0.467. The molecule has 1 atom stereocenters. The van der Waals surface area contributed by atoms with Gasteiger partial charge in [-0.15, -0.1) is 0 Å². The Morgan fingerprint density at radius 2 is 1.65 bits per heavy atom. The van der Waals surface area contributed by atoms with Crippen LogP contribution in [0.4, 0.5) is 10.5 Å². The molecule has 0 heterocycles. The lowest BCUT2D eigenvalue weighted by Crippen LogP contribution is -2.50. The van der Waals surface area contributed by atoms with Gasteiger partial charge in [-0.25, -0.2) is 9.59 Å². The van der Waals surface area contributed by atoms with Crippen LogP contribution in [0.15, 0.2) is 18.2 Å². The molecule has 5 nitrogen and oxygen atoms in total. The number of carbonyl (C=O) groups is 2. The minimum atomic E-state index is -1.05. The first-order valence-corrected chi connectivity index (χ1v) is 6.49. The largest absolute Gasteiger partial charge is 0.480 e. The Hall–Kier alpha value is -2.04. The molecule has 0 aromatic heterocycles. The van der Waals surface area contributed by atoms with Crippen LogP contribution in [0.25, 0.3) is 0 Å². The summed E-state index contributed by atoms with van der Waals surface area (Å²) in [5.74, 6) is -1.05. The maximum Gasteiger partial charge on any atom is 0.326 e. The standard InChI is InChI=1S/C15H22N2O3/c1-9-7-6-8-10(2)11(9)16-14(20)17-12(13(18)19)15(3,4)5/h6-8,12H,1-5H3,(H,18,19)(H2,16,17,20). The molecule has 110 valence electrons. The molecule has 1 unspecified atom stereocenters.